The minimum absolute atomic E-state index is 0.0311. The largest absolute Gasteiger partial charge is 0.394 e. The molecule has 0 bridgehead atoms. The van der Waals surface area contributed by atoms with Crippen LogP contribution in [0.4, 0.5) is 5.82 Å². The molecular weight excluding hydrogens is 208 g/mol. The van der Waals surface area contributed by atoms with Crippen molar-refractivity contribution >= 4 is 5.82 Å². The van der Waals surface area contributed by atoms with Crippen LogP contribution in [0.25, 0.3) is 11.4 Å². The molecular formula is C10H12N4O2. The first-order valence-corrected chi connectivity index (χ1v) is 4.84. The van der Waals surface area contributed by atoms with E-state index in [9.17, 15) is 4.79 Å². The van der Waals surface area contributed by atoms with Gasteiger partial charge in [-0.1, -0.05) is 6.07 Å². The van der Waals surface area contributed by atoms with Crippen LogP contribution in [0.5, 0.6) is 0 Å². The molecule has 2 rings (SSSR count). The molecule has 0 atom stereocenters. The van der Waals surface area contributed by atoms with Gasteiger partial charge in [0.1, 0.15) is 11.5 Å². The number of anilines is 1. The third-order valence-electron chi connectivity index (χ3n) is 2.17. The van der Waals surface area contributed by atoms with Crippen molar-refractivity contribution in [1.29, 1.82) is 0 Å². The molecule has 16 heavy (non-hydrogen) atoms. The summed E-state index contributed by atoms with van der Waals surface area (Å²) < 4.78 is 1.49. The molecule has 6 nitrogen and oxygen atoms in total. The van der Waals surface area contributed by atoms with Crippen LogP contribution in [0, 0.1) is 0 Å². The Morgan fingerprint density at radius 2 is 2.31 bits per heavy atom. The van der Waals surface area contributed by atoms with Crippen LogP contribution < -0.4 is 11.3 Å². The summed E-state index contributed by atoms with van der Waals surface area (Å²) in [6.07, 6.45) is 0. The fourth-order valence-corrected chi connectivity index (χ4v) is 1.43. The molecule has 0 aliphatic heterocycles. The number of aliphatic hydroxyl groups excluding tert-OH is 1. The van der Waals surface area contributed by atoms with Gasteiger partial charge in [-0.2, -0.15) is 5.10 Å². The lowest BCUT2D eigenvalue weighted by Gasteiger charge is -1.99. The number of aromatic amines is 1. The van der Waals surface area contributed by atoms with Crippen LogP contribution in [0.15, 0.2) is 29.1 Å². The van der Waals surface area contributed by atoms with Crippen molar-refractivity contribution in [3.05, 3.63) is 34.6 Å². The van der Waals surface area contributed by atoms with E-state index in [1.165, 1.54) is 10.7 Å². The fraction of sp³-hybridized carbons (Fsp3) is 0.200. The molecule has 6 heteroatoms. The van der Waals surface area contributed by atoms with Gasteiger partial charge in [-0.15, -0.1) is 0 Å². The third kappa shape index (κ3) is 1.96. The van der Waals surface area contributed by atoms with Crippen LogP contribution in [-0.2, 0) is 6.54 Å². The second kappa shape index (κ2) is 4.19. The maximum Gasteiger partial charge on any atom is 0.248 e. The average molecular weight is 220 g/mol. The molecule has 0 saturated carbocycles. The van der Waals surface area contributed by atoms with Crippen LogP contribution in [0.3, 0.4) is 0 Å². The molecule has 0 unspecified atom stereocenters. The van der Waals surface area contributed by atoms with E-state index in [1.807, 2.05) is 0 Å². The second-order valence-electron chi connectivity index (χ2n) is 3.33. The highest BCUT2D eigenvalue weighted by molar-refractivity contribution is 5.57. The predicted octanol–water partition coefficient (Wildman–Crippen LogP) is -0.187. The van der Waals surface area contributed by atoms with Crippen molar-refractivity contribution in [3.8, 4) is 11.4 Å². The van der Waals surface area contributed by atoms with Crippen molar-refractivity contribution in [1.82, 2.24) is 14.8 Å². The SMILES string of the molecule is Nc1cc(-c2cccc(=O)[nH]2)nn1CCO. The van der Waals surface area contributed by atoms with E-state index in [1.54, 1.807) is 18.2 Å². The van der Waals surface area contributed by atoms with Crippen LogP contribution in [-0.4, -0.2) is 26.5 Å². The standard InChI is InChI=1S/C10H12N4O2/c11-9-6-8(13-14(9)4-5-15)7-2-1-3-10(16)12-7/h1-3,6,15H,4-5,11H2,(H,12,16). The third-order valence-corrected chi connectivity index (χ3v) is 2.17. The number of nitrogens with zero attached hydrogens (tertiary/aromatic N) is 2. The smallest absolute Gasteiger partial charge is 0.248 e. The zero-order valence-corrected chi connectivity index (χ0v) is 8.55. The van der Waals surface area contributed by atoms with Crippen molar-refractivity contribution in [3.63, 3.8) is 0 Å². The summed E-state index contributed by atoms with van der Waals surface area (Å²) in [7, 11) is 0. The molecule has 0 aromatic carbocycles. The highest BCUT2D eigenvalue weighted by Gasteiger charge is 2.06. The molecule has 0 radical (unpaired) electrons. The number of nitrogens with one attached hydrogen (secondary N) is 1. The zero-order valence-electron chi connectivity index (χ0n) is 8.55. The maximum atomic E-state index is 11.1. The van der Waals surface area contributed by atoms with Gasteiger partial charge in [-0.25, -0.2) is 4.68 Å². The number of pyridine rings is 1. The van der Waals surface area contributed by atoms with E-state index < -0.39 is 0 Å². The number of nitrogen functional groups attached to an aromatic ring is 1. The lowest BCUT2D eigenvalue weighted by Crippen LogP contribution is -2.08. The summed E-state index contributed by atoms with van der Waals surface area (Å²) in [6.45, 7) is 0.305. The number of hydrogen-bond acceptors (Lipinski definition) is 4. The van der Waals surface area contributed by atoms with Crippen molar-refractivity contribution in [2.45, 2.75) is 6.54 Å². The van der Waals surface area contributed by atoms with Gasteiger partial charge in [-0.3, -0.25) is 4.79 Å². The van der Waals surface area contributed by atoms with Gasteiger partial charge >= 0.3 is 0 Å². The molecule has 0 spiro atoms. The van der Waals surface area contributed by atoms with Crippen molar-refractivity contribution in [2.75, 3.05) is 12.3 Å². The maximum absolute atomic E-state index is 11.1. The zero-order chi connectivity index (χ0) is 11.5. The van der Waals surface area contributed by atoms with E-state index in [4.69, 9.17) is 10.8 Å². The van der Waals surface area contributed by atoms with Crippen LogP contribution in [0.2, 0.25) is 0 Å². The van der Waals surface area contributed by atoms with E-state index in [0.29, 0.717) is 23.8 Å². The number of nitrogens with two attached hydrogens (primary N) is 1. The molecule has 0 fully saturated rings. The van der Waals surface area contributed by atoms with Gasteiger partial charge in [0.15, 0.2) is 0 Å². The average Bonchev–Trinajstić information content (AvgIpc) is 2.61. The number of hydrogen-bond donors (Lipinski definition) is 3. The van der Waals surface area contributed by atoms with Gasteiger partial charge in [0, 0.05) is 12.1 Å². The molecule has 2 aromatic heterocycles. The molecule has 0 aliphatic carbocycles. The van der Waals surface area contributed by atoms with E-state index in [-0.39, 0.29) is 12.2 Å². The topological polar surface area (TPSA) is 96.9 Å². The lowest BCUT2D eigenvalue weighted by atomic mass is 10.3. The summed E-state index contributed by atoms with van der Waals surface area (Å²) in [5.41, 5.74) is 6.71. The number of aromatic nitrogens is 3. The van der Waals surface area contributed by atoms with Crippen molar-refractivity contribution in [2.24, 2.45) is 0 Å². The first kappa shape index (κ1) is 10.4. The highest BCUT2D eigenvalue weighted by Crippen LogP contribution is 2.16. The fourth-order valence-electron chi connectivity index (χ4n) is 1.43. The Hall–Kier alpha value is -2.08. The van der Waals surface area contributed by atoms with Gasteiger partial charge in [-0.05, 0) is 6.07 Å². The van der Waals surface area contributed by atoms with Crippen LogP contribution >= 0.6 is 0 Å². The van der Waals surface area contributed by atoms with Gasteiger partial charge < -0.3 is 15.8 Å². The summed E-state index contributed by atoms with van der Waals surface area (Å²) >= 11 is 0. The Balaban J connectivity index is 2.41. The quantitative estimate of drug-likeness (QED) is 0.668. The van der Waals surface area contributed by atoms with E-state index in [0.717, 1.165) is 0 Å². The number of aliphatic hydroxyl groups is 1. The summed E-state index contributed by atoms with van der Waals surface area (Å²) in [4.78, 5) is 13.8. The summed E-state index contributed by atoms with van der Waals surface area (Å²) in [5.74, 6) is 0.453. The highest BCUT2D eigenvalue weighted by atomic mass is 16.3. The Labute approximate surface area is 91.3 Å². The number of rotatable bonds is 3. The second-order valence-corrected chi connectivity index (χ2v) is 3.33. The Morgan fingerprint density at radius 1 is 1.50 bits per heavy atom. The number of H-pyrrole nitrogens is 1. The molecule has 2 heterocycles. The normalized spacial score (nSPS) is 10.6. The molecule has 0 saturated heterocycles. The molecule has 84 valence electrons. The lowest BCUT2D eigenvalue weighted by molar-refractivity contribution is 0.270. The first-order valence-electron chi connectivity index (χ1n) is 4.84. The molecule has 4 N–H and O–H groups in total. The Kier molecular flexibility index (Phi) is 2.74. The molecule has 2 aromatic rings. The van der Waals surface area contributed by atoms with Crippen molar-refractivity contribution < 1.29 is 5.11 Å². The van der Waals surface area contributed by atoms with E-state index in [2.05, 4.69) is 10.1 Å². The first-order chi connectivity index (χ1) is 7.70. The minimum atomic E-state index is -0.187. The Bertz CT molecular complexity index is 544. The molecule has 0 aliphatic rings. The Morgan fingerprint density at radius 3 is 3.00 bits per heavy atom. The molecule has 0 amide bonds. The summed E-state index contributed by atoms with van der Waals surface area (Å²) in [5, 5.41) is 13.0. The van der Waals surface area contributed by atoms with Gasteiger partial charge in [0.05, 0.1) is 18.8 Å². The predicted molar refractivity (Wildman–Crippen MR) is 59.8 cm³/mol. The summed E-state index contributed by atoms with van der Waals surface area (Å²) in [6, 6.07) is 6.47. The van der Waals surface area contributed by atoms with E-state index >= 15 is 0 Å². The van der Waals surface area contributed by atoms with Crippen LogP contribution in [0.1, 0.15) is 0 Å². The minimum Gasteiger partial charge on any atom is -0.394 e. The van der Waals surface area contributed by atoms with Gasteiger partial charge in [0.25, 0.3) is 0 Å². The monoisotopic (exact) mass is 220 g/mol. The van der Waals surface area contributed by atoms with Gasteiger partial charge in [0.2, 0.25) is 5.56 Å².